The van der Waals surface area contributed by atoms with E-state index in [1.807, 2.05) is 0 Å². The van der Waals surface area contributed by atoms with E-state index < -0.39 is 0 Å². The second-order valence-corrected chi connectivity index (χ2v) is 9.38. The van der Waals surface area contributed by atoms with E-state index in [0.29, 0.717) is 0 Å². The summed E-state index contributed by atoms with van der Waals surface area (Å²) in [6.07, 6.45) is 5.69. The molecule has 0 unspecified atom stereocenters. The zero-order chi connectivity index (χ0) is 20.5. The number of hydrogen-bond donors (Lipinski definition) is 1. The number of morpholine rings is 1. The number of hydrogen-bond acceptors (Lipinski definition) is 9. The van der Waals surface area contributed by atoms with E-state index in [9.17, 15) is 0 Å². The molecule has 1 aliphatic carbocycles. The Morgan fingerprint density at radius 1 is 1.10 bits per heavy atom. The number of nitrogens with zero attached hydrogens (tertiary/aromatic N) is 6. The summed E-state index contributed by atoms with van der Waals surface area (Å²) in [7, 11) is 4.19. The number of nitrogens with one attached hydrogen (secondary N) is 1. The van der Waals surface area contributed by atoms with Gasteiger partial charge in [0.05, 0.1) is 13.2 Å². The van der Waals surface area contributed by atoms with Gasteiger partial charge in [0.2, 0.25) is 0 Å². The van der Waals surface area contributed by atoms with Crippen molar-refractivity contribution in [2.45, 2.75) is 32.1 Å². The second kappa shape index (κ2) is 8.56. The molecule has 3 aromatic rings. The summed E-state index contributed by atoms with van der Waals surface area (Å²) in [5.74, 6) is 1.99. The highest BCUT2D eigenvalue weighted by Gasteiger charge is 2.26. The quantitative estimate of drug-likeness (QED) is 0.602. The normalized spacial score (nSPS) is 17.1. The Bertz CT molecular complexity index is 1040. The number of ether oxygens (including phenoxy) is 1. The lowest BCUT2D eigenvalue weighted by Gasteiger charge is -2.31. The molecule has 8 nitrogen and oxygen atoms in total. The van der Waals surface area contributed by atoms with Gasteiger partial charge in [0.1, 0.15) is 20.9 Å². The van der Waals surface area contributed by atoms with Crippen LogP contribution in [0, 0.1) is 0 Å². The average molecular weight is 428 g/mol. The maximum atomic E-state index is 5.57. The number of thiophene rings is 1. The van der Waals surface area contributed by atoms with E-state index in [0.717, 1.165) is 85.3 Å². The molecule has 0 atom stereocenters. The van der Waals surface area contributed by atoms with Crippen LogP contribution >= 0.6 is 11.3 Å². The van der Waals surface area contributed by atoms with Crippen molar-refractivity contribution in [3.8, 4) is 0 Å². The highest BCUT2D eigenvalue weighted by Crippen LogP contribution is 2.42. The molecular formula is C21H29N7OS. The molecule has 1 N–H and O–H groups in total. The van der Waals surface area contributed by atoms with E-state index in [1.54, 1.807) is 11.3 Å². The summed E-state index contributed by atoms with van der Waals surface area (Å²) >= 11 is 1.70. The fourth-order valence-electron chi connectivity index (χ4n) is 4.52. The van der Waals surface area contributed by atoms with Crippen LogP contribution in [0.2, 0.25) is 0 Å². The highest BCUT2D eigenvalue weighted by molar-refractivity contribution is 7.26. The fourth-order valence-corrected chi connectivity index (χ4v) is 5.62. The van der Waals surface area contributed by atoms with Crippen LogP contribution < -0.4 is 10.2 Å². The van der Waals surface area contributed by atoms with Crippen LogP contribution in [0.15, 0.2) is 0 Å². The number of pyridine rings is 1. The number of anilines is 2. The minimum absolute atomic E-state index is 0.775. The van der Waals surface area contributed by atoms with Gasteiger partial charge in [0, 0.05) is 25.0 Å². The van der Waals surface area contributed by atoms with Gasteiger partial charge in [0.25, 0.3) is 0 Å². The van der Waals surface area contributed by atoms with Crippen molar-refractivity contribution in [1.29, 1.82) is 0 Å². The molecule has 0 amide bonds. The van der Waals surface area contributed by atoms with E-state index >= 15 is 0 Å². The van der Waals surface area contributed by atoms with Gasteiger partial charge in [-0.25, -0.2) is 4.98 Å². The third kappa shape index (κ3) is 3.70. The van der Waals surface area contributed by atoms with Crippen LogP contribution in [0.3, 0.4) is 0 Å². The van der Waals surface area contributed by atoms with Crippen LogP contribution in [0.25, 0.3) is 20.4 Å². The SMILES string of the molecule is CN(C)CCCNc1nnnc2c1sc1nc(N3CCOCC3)c3c(c12)CCCC3. The third-order valence-electron chi connectivity index (χ3n) is 6.00. The van der Waals surface area contributed by atoms with Gasteiger partial charge >= 0.3 is 0 Å². The molecule has 0 aromatic carbocycles. The van der Waals surface area contributed by atoms with Crippen molar-refractivity contribution < 1.29 is 4.74 Å². The van der Waals surface area contributed by atoms with Gasteiger partial charge in [0.15, 0.2) is 5.82 Å². The van der Waals surface area contributed by atoms with Gasteiger partial charge < -0.3 is 19.9 Å². The molecule has 3 aromatic heterocycles. The molecule has 1 fully saturated rings. The van der Waals surface area contributed by atoms with Gasteiger partial charge in [-0.15, -0.1) is 21.5 Å². The van der Waals surface area contributed by atoms with Gasteiger partial charge in [-0.1, -0.05) is 0 Å². The Morgan fingerprint density at radius 3 is 2.70 bits per heavy atom. The summed E-state index contributed by atoms with van der Waals surface area (Å²) in [5, 5.41) is 17.5. The van der Waals surface area contributed by atoms with Crippen molar-refractivity contribution >= 4 is 43.4 Å². The van der Waals surface area contributed by atoms with Crippen molar-refractivity contribution in [2.24, 2.45) is 0 Å². The Hall–Kier alpha value is -2.10. The molecular weight excluding hydrogens is 398 g/mol. The van der Waals surface area contributed by atoms with Gasteiger partial charge in [-0.05, 0) is 69.1 Å². The van der Waals surface area contributed by atoms with Gasteiger partial charge in [-0.2, -0.15) is 0 Å². The monoisotopic (exact) mass is 427 g/mol. The summed E-state index contributed by atoms with van der Waals surface area (Å²) in [5.41, 5.74) is 3.80. The first-order chi connectivity index (χ1) is 14.7. The lowest BCUT2D eigenvalue weighted by Crippen LogP contribution is -2.37. The standard InChI is InChI=1S/C21H29N7OS/c1-27(2)9-5-8-22-19-18-17(24-26-25-19)16-14-6-3-4-7-15(14)20(23-21(16)30-18)28-10-12-29-13-11-28/h3-13H2,1-2H3,(H,22,24,25). The van der Waals surface area contributed by atoms with E-state index in [2.05, 4.69) is 44.6 Å². The summed E-state index contributed by atoms with van der Waals surface area (Å²) in [4.78, 5) is 10.8. The number of aryl methyl sites for hydroxylation is 1. The van der Waals surface area contributed by atoms with Crippen molar-refractivity contribution in [2.75, 3.05) is 63.7 Å². The molecule has 30 heavy (non-hydrogen) atoms. The molecule has 160 valence electrons. The van der Waals surface area contributed by atoms with E-state index in [1.165, 1.54) is 29.4 Å². The molecule has 0 bridgehead atoms. The van der Waals surface area contributed by atoms with E-state index in [4.69, 9.17) is 9.72 Å². The molecule has 1 aliphatic heterocycles. The molecule has 0 spiro atoms. The number of aromatic nitrogens is 4. The largest absolute Gasteiger partial charge is 0.378 e. The first kappa shape index (κ1) is 19.8. The predicted octanol–water partition coefficient (Wildman–Crippen LogP) is 2.71. The molecule has 1 saturated heterocycles. The van der Waals surface area contributed by atoms with Crippen LogP contribution in [-0.2, 0) is 17.6 Å². The zero-order valence-corrected chi connectivity index (χ0v) is 18.6. The second-order valence-electron chi connectivity index (χ2n) is 8.38. The number of fused-ring (bicyclic) bond motifs is 5. The lowest BCUT2D eigenvalue weighted by atomic mass is 9.90. The van der Waals surface area contributed by atoms with Crippen molar-refractivity contribution in [1.82, 2.24) is 25.3 Å². The summed E-state index contributed by atoms with van der Waals surface area (Å²) in [6, 6.07) is 0. The number of rotatable bonds is 6. The highest BCUT2D eigenvalue weighted by atomic mass is 32.1. The maximum absolute atomic E-state index is 5.57. The first-order valence-corrected chi connectivity index (χ1v) is 11.7. The van der Waals surface area contributed by atoms with Crippen LogP contribution in [0.4, 0.5) is 11.6 Å². The van der Waals surface area contributed by atoms with Crippen molar-refractivity contribution in [3.05, 3.63) is 11.1 Å². The van der Waals surface area contributed by atoms with Crippen LogP contribution in [0.1, 0.15) is 30.4 Å². The fraction of sp³-hybridized carbons (Fsp3) is 0.619. The summed E-state index contributed by atoms with van der Waals surface area (Å²) < 4.78 is 6.65. The minimum atomic E-state index is 0.775. The third-order valence-corrected chi connectivity index (χ3v) is 7.08. The first-order valence-electron chi connectivity index (χ1n) is 10.9. The Morgan fingerprint density at radius 2 is 1.90 bits per heavy atom. The molecule has 2 aliphatic rings. The van der Waals surface area contributed by atoms with Gasteiger partial charge in [-0.3, -0.25) is 0 Å². The topological polar surface area (TPSA) is 79.3 Å². The Balaban J connectivity index is 1.58. The predicted molar refractivity (Wildman–Crippen MR) is 122 cm³/mol. The molecule has 4 heterocycles. The Labute approximate surface area is 180 Å². The zero-order valence-electron chi connectivity index (χ0n) is 17.8. The average Bonchev–Trinajstić information content (AvgIpc) is 3.16. The Kier molecular flexibility index (Phi) is 5.66. The van der Waals surface area contributed by atoms with Crippen LogP contribution in [0.5, 0.6) is 0 Å². The van der Waals surface area contributed by atoms with E-state index in [-0.39, 0.29) is 0 Å². The minimum Gasteiger partial charge on any atom is -0.378 e. The smallest absolute Gasteiger partial charge is 0.170 e. The van der Waals surface area contributed by atoms with Crippen molar-refractivity contribution in [3.63, 3.8) is 0 Å². The summed E-state index contributed by atoms with van der Waals surface area (Å²) in [6.45, 7) is 5.28. The molecule has 5 rings (SSSR count). The molecule has 9 heteroatoms. The lowest BCUT2D eigenvalue weighted by molar-refractivity contribution is 0.122. The molecule has 0 saturated carbocycles. The maximum Gasteiger partial charge on any atom is 0.170 e. The van der Waals surface area contributed by atoms with Crippen LogP contribution in [-0.4, -0.2) is 78.8 Å². The molecule has 0 radical (unpaired) electrons.